The normalized spacial score (nSPS) is 10.5. The van der Waals surface area contributed by atoms with Crippen molar-refractivity contribution in [3.05, 3.63) is 33.8 Å². The molecule has 2 aromatic rings. The Morgan fingerprint density at radius 1 is 1.43 bits per heavy atom. The van der Waals surface area contributed by atoms with Crippen LogP contribution in [0.4, 0.5) is 4.39 Å². The van der Waals surface area contributed by atoms with Crippen LogP contribution in [0.15, 0.2) is 22.9 Å². The first kappa shape index (κ1) is 10.0. The average molecular weight is 294 g/mol. The van der Waals surface area contributed by atoms with Crippen LogP contribution in [0, 0.1) is 5.82 Å². The lowest BCUT2D eigenvalue weighted by Crippen LogP contribution is -1.84. The number of halogens is 3. The van der Waals surface area contributed by atoms with Crippen LogP contribution in [0.3, 0.4) is 0 Å². The fraction of sp³-hybridized carbons (Fsp3) is 0. The number of nitrogens with zero attached hydrogens (tertiary/aromatic N) is 2. The predicted octanol–water partition coefficient (Wildman–Crippen LogP) is 3.76. The maximum atomic E-state index is 13.5. The van der Waals surface area contributed by atoms with Crippen LogP contribution in [-0.4, -0.2) is 9.36 Å². The van der Waals surface area contributed by atoms with E-state index in [0.717, 1.165) is 11.5 Å². The molecule has 6 heteroatoms. The molecule has 0 saturated carbocycles. The lowest BCUT2D eigenvalue weighted by Gasteiger charge is -1.98. The second-order valence-corrected chi connectivity index (χ2v) is 4.34. The molecule has 0 aliphatic carbocycles. The second-order valence-electron chi connectivity index (χ2n) is 2.47. The van der Waals surface area contributed by atoms with Gasteiger partial charge in [-0.05, 0) is 39.6 Å². The molecule has 0 radical (unpaired) electrons. The molecular formula is C8H3BrClFN2S. The van der Waals surface area contributed by atoms with E-state index in [0.29, 0.717) is 15.3 Å². The van der Waals surface area contributed by atoms with Crippen molar-refractivity contribution in [2.24, 2.45) is 0 Å². The first-order valence-corrected chi connectivity index (χ1v) is 5.56. The van der Waals surface area contributed by atoms with E-state index in [9.17, 15) is 4.39 Å². The zero-order chi connectivity index (χ0) is 10.1. The third-order valence-electron chi connectivity index (χ3n) is 1.58. The van der Waals surface area contributed by atoms with Gasteiger partial charge >= 0.3 is 0 Å². The SMILES string of the molecule is Fc1c(Cl)cccc1-c1nc(Br)ns1. The van der Waals surface area contributed by atoms with Crippen LogP contribution < -0.4 is 0 Å². The summed E-state index contributed by atoms with van der Waals surface area (Å²) in [6, 6.07) is 4.79. The van der Waals surface area contributed by atoms with Gasteiger partial charge in [0.15, 0.2) is 5.82 Å². The lowest BCUT2D eigenvalue weighted by molar-refractivity contribution is 0.631. The topological polar surface area (TPSA) is 25.8 Å². The minimum Gasteiger partial charge on any atom is -0.209 e. The standard InChI is InChI=1S/C8H3BrClFN2S/c9-8-12-7(14-13-8)4-2-1-3-5(10)6(4)11/h1-3H. The summed E-state index contributed by atoms with van der Waals surface area (Å²) in [6.07, 6.45) is 0. The molecule has 0 aliphatic heterocycles. The lowest BCUT2D eigenvalue weighted by atomic mass is 10.2. The van der Waals surface area contributed by atoms with E-state index in [4.69, 9.17) is 11.6 Å². The summed E-state index contributed by atoms with van der Waals surface area (Å²) < 4.78 is 17.8. The van der Waals surface area contributed by atoms with Crippen molar-refractivity contribution >= 4 is 39.1 Å². The molecule has 1 heterocycles. The first-order valence-electron chi connectivity index (χ1n) is 3.62. The van der Waals surface area contributed by atoms with Crippen molar-refractivity contribution in [3.63, 3.8) is 0 Å². The molecule has 0 unspecified atom stereocenters. The highest BCUT2D eigenvalue weighted by atomic mass is 79.9. The molecule has 1 aromatic carbocycles. The Kier molecular flexibility index (Phi) is 2.80. The van der Waals surface area contributed by atoms with Gasteiger partial charge in [-0.3, -0.25) is 0 Å². The third kappa shape index (κ3) is 1.80. The second kappa shape index (κ2) is 3.92. The summed E-state index contributed by atoms with van der Waals surface area (Å²) in [5.41, 5.74) is 0.376. The third-order valence-corrected chi connectivity index (χ3v) is 3.21. The maximum Gasteiger partial charge on any atom is 0.209 e. The molecule has 0 atom stereocenters. The van der Waals surface area contributed by atoms with Crippen LogP contribution in [0.2, 0.25) is 5.02 Å². The molecule has 0 fully saturated rings. The number of aromatic nitrogens is 2. The highest BCUT2D eigenvalue weighted by Gasteiger charge is 2.12. The van der Waals surface area contributed by atoms with Crippen molar-refractivity contribution in [3.8, 4) is 10.6 Å². The molecular weight excluding hydrogens is 291 g/mol. The van der Waals surface area contributed by atoms with Crippen molar-refractivity contribution in [2.75, 3.05) is 0 Å². The fourth-order valence-electron chi connectivity index (χ4n) is 0.984. The van der Waals surface area contributed by atoms with E-state index in [-0.39, 0.29) is 5.02 Å². The molecule has 2 nitrogen and oxygen atoms in total. The molecule has 14 heavy (non-hydrogen) atoms. The monoisotopic (exact) mass is 292 g/mol. The van der Waals surface area contributed by atoms with Gasteiger partial charge in [0.05, 0.1) is 5.02 Å². The molecule has 72 valence electrons. The zero-order valence-corrected chi connectivity index (χ0v) is 9.83. The Hall–Kier alpha value is -0.520. The van der Waals surface area contributed by atoms with Gasteiger partial charge in [-0.2, -0.15) is 4.37 Å². The molecule has 1 aromatic heterocycles. The van der Waals surface area contributed by atoms with Gasteiger partial charge < -0.3 is 0 Å². The highest BCUT2D eigenvalue weighted by molar-refractivity contribution is 9.10. The number of rotatable bonds is 1. The summed E-state index contributed by atoms with van der Waals surface area (Å²) in [4.78, 5) is 4.01. The molecule has 0 spiro atoms. The molecule has 0 aliphatic rings. The van der Waals surface area contributed by atoms with E-state index in [1.165, 1.54) is 6.07 Å². The quantitative estimate of drug-likeness (QED) is 0.800. The summed E-state index contributed by atoms with van der Waals surface area (Å²) in [7, 11) is 0. The van der Waals surface area contributed by atoms with Crippen molar-refractivity contribution < 1.29 is 4.39 Å². The largest absolute Gasteiger partial charge is 0.209 e. The smallest absolute Gasteiger partial charge is 0.209 e. The Labute approximate surface area is 97.0 Å². The summed E-state index contributed by atoms with van der Waals surface area (Å²) in [5, 5.41) is 0.602. The minimum absolute atomic E-state index is 0.0915. The van der Waals surface area contributed by atoms with Gasteiger partial charge in [-0.1, -0.05) is 17.7 Å². The fourth-order valence-corrected chi connectivity index (χ4v) is 2.26. The summed E-state index contributed by atoms with van der Waals surface area (Å²) >= 11 is 9.86. The van der Waals surface area contributed by atoms with Crippen molar-refractivity contribution in [1.29, 1.82) is 0 Å². The van der Waals surface area contributed by atoms with Crippen LogP contribution in [0.25, 0.3) is 10.6 Å². The Bertz CT molecular complexity index is 474. The minimum atomic E-state index is -0.460. The predicted molar refractivity (Wildman–Crippen MR) is 58.0 cm³/mol. The van der Waals surface area contributed by atoms with Gasteiger partial charge in [0.2, 0.25) is 4.73 Å². The van der Waals surface area contributed by atoms with Crippen LogP contribution in [0.5, 0.6) is 0 Å². The molecule has 0 amide bonds. The highest BCUT2D eigenvalue weighted by Crippen LogP contribution is 2.29. The Morgan fingerprint density at radius 3 is 2.86 bits per heavy atom. The average Bonchev–Trinajstić information content (AvgIpc) is 2.57. The van der Waals surface area contributed by atoms with Crippen LogP contribution in [-0.2, 0) is 0 Å². The van der Waals surface area contributed by atoms with E-state index >= 15 is 0 Å². The molecule has 0 bridgehead atoms. The summed E-state index contributed by atoms with van der Waals surface area (Å²) in [6.45, 7) is 0. The maximum absolute atomic E-state index is 13.5. The molecule has 0 saturated heterocycles. The van der Waals surface area contributed by atoms with Gasteiger partial charge in [0, 0.05) is 5.56 Å². The number of hydrogen-bond acceptors (Lipinski definition) is 3. The zero-order valence-electron chi connectivity index (χ0n) is 6.67. The first-order chi connectivity index (χ1) is 6.68. The van der Waals surface area contributed by atoms with Gasteiger partial charge in [0.1, 0.15) is 5.01 Å². The van der Waals surface area contributed by atoms with Crippen molar-refractivity contribution in [2.45, 2.75) is 0 Å². The molecule has 2 rings (SSSR count). The van der Waals surface area contributed by atoms with E-state index < -0.39 is 5.82 Å². The van der Waals surface area contributed by atoms with Crippen molar-refractivity contribution in [1.82, 2.24) is 9.36 Å². The van der Waals surface area contributed by atoms with Crippen LogP contribution in [0.1, 0.15) is 0 Å². The van der Waals surface area contributed by atoms with E-state index in [2.05, 4.69) is 25.3 Å². The number of hydrogen-bond donors (Lipinski definition) is 0. The van der Waals surface area contributed by atoms with Gasteiger partial charge in [-0.25, -0.2) is 9.37 Å². The summed E-state index contributed by atoms with van der Waals surface area (Å²) in [5.74, 6) is -0.460. The number of benzene rings is 1. The van der Waals surface area contributed by atoms with Crippen LogP contribution >= 0.6 is 39.1 Å². The van der Waals surface area contributed by atoms with E-state index in [1.807, 2.05) is 0 Å². The van der Waals surface area contributed by atoms with E-state index in [1.54, 1.807) is 12.1 Å². The van der Waals surface area contributed by atoms with Gasteiger partial charge in [-0.15, -0.1) is 0 Å². The van der Waals surface area contributed by atoms with Gasteiger partial charge in [0.25, 0.3) is 0 Å². The Morgan fingerprint density at radius 2 is 2.21 bits per heavy atom. The molecule has 0 N–H and O–H groups in total. The Balaban J connectivity index is 2.57.